The average molecular weight is 279 g/mol. The summed E-state index contributed by atoms with van der Waals surface area (Å²) in [4.78, 5) is 0. The number of nitrogens with two attached hydrogens (primary N) is 1. The molecule has 114 valence electrons. The van der Waals surface area contributed by atoms with Gasteiger partial charge in [-0.1, -0.05) is 33.1 Å². The zero-order chi connectivity index (χ0) is 14.5. The SMILES string of the molecule is CCCn1ncc(OC)c1C(N)C1CCCC(CC)C1. The Bertz CT molecular complexity index is 416. The molecule has 4 nitrogen and oxygen atoms in total. The third-order valence-electron chi connectivity index (χ3n) is 4.72. The highest BCUT2D eigenvalue weighted by atomic mass is 16.5. The topological polar surface area (TPSA) is 53.1 Å². The quantitative estimate of drug-likeness (QED) is 0.867. The van der Waals surface area contributed by atoms with Crippen LogP contribution in [0.4, 0.5) is 0 Å². The van der Waals surface area contributed by atoms with Crippen LogP contribution in [0.2, 0.25) is 0 Å². The molecule has 0 aromatic carbocycles. The van der Waals surface area contributed by atoms with Crippen molar-refractivity contribution in [2.24, 2.45) is 17.6 Å². The van der Waals surface area contributed by atoms with Gasteiger partial charge in [-0.15, -0.1) is 0 Å². The molecule has 3 atom stereocenters. The Kier molecular flexibility index (Phi) is 5.46. The summed E-state index contributed by atoms with van der Waals surface area (Å²) in [5.74, 6) is 2.26. The summed E-state index contributed by atoms with van der Waals surface area (Å²) in [5.41, 5.74) is 7.69. The molecule has 2 N–H and O–H groups in total. The van der Waals surface area contributed by atoms with E-state index in [-0.39, 0.29) is 6.04 Å². The van der Waals surface area contributed by atoms with Gasteiger partial charge >= 0.3 is 0 Å². The average Bonchev–Trinajstić information content (AvgIpc) is 2.89. The smallest absolute Gasteiger partial charge is 0.161 e. The zero-order valence-corrected chi connectivity index (χ0v) is 13.1. The maximum atomic E-state index is 6.60. The first-order valence-electron chi connectivity index (χ1n) is 8.06. The lowest BCUT2D eigenvalue weighted by Crippen LogP contribution is -2.29. The molecule has 2 rings (SSSR count). The third kappa shape index (κ3) is 3.17. The summed E-state index contributed by atoms with van der Waals surface area (Å²) < 4.78 is 7.51. The maximum absolute atomic E-state index is 6.60. The number of aromatic nitrogens is 2. The van der Waals surface area contributed by atoms with Crippen molar-refractivity contribution in [3.05, 3.63) is 11.9 Å². The third-order valence-corrected chi connectivity index (χ3v) is 4.72. The zero-order valence-electron chi connectivity index (χ0n) is 13.1. The van der Waals surface area contributed by atoms with Gasteiger partial charge in [-0.25, -0.2) is 0 Å². The monoisotopic (exact) mass is 279 g/mol. The lowest BCUT2D eigenvalue weighted by atomic mass is 9.76. The first-order valence-corrected chi connectivity index (χ1v) is 8.06. The second-order valence-corrected chi connectivity index (χ2v) is 6.05. The Labute approximate surface area is 122 Å². The predicted molar refractivity (Wildman–Crippen MR) is 81.7 cm³/mol. The van der Waals surface area contributed by atoms with E-state index in [1.165, 1.54) is 32.1 Å². The number of aryl methyl sites for hydroxylation is 1. The van der Waals surface area contributed by atoms with Crippen LogP contribution in [-0.4, -0.2) is 16.9 Å². The van der Waals surface area contributed by atoms with E-state index in [4.69, 9.17) is 10.5 Å². The van der Waals surface area contributed by atoms with Crippen molar-refractivity contribution in [3.63, 3.8) is 0 Å². The van der Waals surface area contributed by atoms with Gasteiger partial charge in [0.15, 0.2) is 5.75 Å². The Morgan fingerprint density at radius 1 is 1.45 bits per heavy atom. The molecule has 1 aromatic rings. The second-order valence-electron chi connectivity index (χ2n) is 6.05. The van der Waals surface area contributed by atoms with Crippen molar-refractivity contribution in [1.29, 1.82) is 0 Å². The number of methoxy groups -OCH3 is 1. The molecule has 0 spiro atoms. The number of ether oxygens (including phenoxy) is 1. The van der Waals surface area contributed by atoms with E-state index in [0.717, 1.165) is 30.3 Å². The summed E-state index contributed by atoms with van der Waals surface area (Å²) in [6.45, 7) is 5.37. The molecule has 1 aromatic heterocycles. The lowest BCUT2D eigenvalue weighted by molar-refractivity contribution is 0.222. The number of hydrogen-bond donors (Lipinski definition) is 1. The van der Waals surface area contributed by atoms with E-state index in [2.05, 4.69) is 18.9 Å². The molecule has 1 aliphatic rings. The molecule has 20 heavy (non-hydrogen) atoms. The van der Waals surface area contributed by atoms with Gasteiger partial charge in [0.1, 0.15) is 0 Å². The van der Waals surface area contributed by atoms with Crippen LogP contribution >= 0.6 is 0 Å². The van der Waals surface area contributed by atoms with Crippen LogP contribution < -0.4 is 10.5 Å². The minimum absolute atomic E-state index is 0.0494. The van der Waals surface area contributed by atoms with Gasteiger partial charge in [0.25, 0.3) is 0 Å². The first kappa shape index (κ1) is 15.4. The Balaban J connectivity index is 2.18. The van der Waals surface area contributed by atoms with E-state index in [9.17, 15) is 0 Å². The molecule has 0 amide bonds. The summed E-state index contributed by atoms with van der Waals surface area (Å²) in [7, 11) is 1.71. The van der Waals surface area contributed by atoms with Crippen molar-refractivity contribution in [1.82, 2.24) is 9.78 Å². The molecule has 3 unspecified atom stereocenters. The molecule has 1 saturated carbocycles. The molecule has 4 heteroatoms. The minimum Gasteiger partial charge on any atom is -0.493 e. The van der Waals surface area contributed by atoms with Gasteiger partial charge in [-0.05, 0) is 31.1 Å². The molecule has 1 fully saturated rings. The van der Waals surface area contributed by atoms with Crippen LogP contribution in [0.3, 0.4) is 0 Å². The molecule has 0 aliphatic heterocycles. The first-order chi connectivity index (χ1) is 9.71. The summed E-state index contributed by atoms with van der Waals surface area (Å²) in [6, 6.07) is 0.0494. The van der Waals surface area contributed by atoms with E-state index in [1.54, 1.807) is 7.11 Å². The molecule has 0 bridgehead atoms. The normalized spacial score (nSPS) is 24.6. The van der Waals surface area contributed by atoms with Gasteiger partial charge in [0.2, 0.25) is 0 Å². The van der Waals surface area contributed by atoms with Gasteiger partial charge in [-0.3, -0.25) is 4.68 Å². The Hall–Kier alpha value is -1.03. The Morgan fingerprint density at radius 2 is 2.25 bits per heavy atom. The maximum Gasteiger partial charge on any atom is 0.161 e. The Morgan fingerprint density at radius 3 is 2.90 bits per heavy atom. The fraction of sp³-hybridized carbons (Fsp3) is 0.812. The van der Waals surface area contributed by atoms with Gasteiger partial charge in [-0.2, -0.15) is 5.10 Å². The lowest BCUT2D eigenvalue weighted by Gasteiger charge is -2.32. The fourth-order valence-corrected chi connectivity index (χ4v) is 3.51. The van der Waals surface area contributed by atoms with Gasteiger partial charge in [0, 0.05) is 6.54 Å². The van der Waals surface area contributed by atoms with Crippen LogP contribution in [0.15, 0.2) is 6.20 Å². The van der Waals surface area contributed by atoms with Crippen molar-refractivity contribution in [2.75, 3.05) is 7.11 Å². The summed E-state index contributed by atoms with van der Waals surface area (Å²) in [5, 5.41) is 4.44. The largest absolute Gasteiger partial charge is 0.493 e. The van der Waals surface area contributed by atoms with Crippen LogP contribution in [0.1, 0.15) is 64.1 Å². The second kappa shape index (κ2) is 7.11. The van der Waals surface area contributed by atoms with E-state index >= 15 is 0 Å². The van der Waals surface area contributed by atoms with E-state index in [0.29, 0.717) is 5.92 Å². The molecular weight excluding hydrogens is 250 g/mol. The highest BCUT2D eigenvalue weighted by Gasteiger charge is 2.30. The van der Waals surface area contributed by atoms with Crippen LogP contribution in [0, 0.1) is 11.8 Å². The van der Waals surface area contributed by atoms with Crippen LogP contribution in [0.5, 0.6) is 5.75 Å². The van der Waals surface area contributed by atoms with Crippen molar-refractivity contribution in [2.45, 2.75) is 65.0 Å². The highest BCUT2D eigenvalue weighted by molar-refractivity contribution is 5.28. The van der Waals surface area contributed by atoms with Gasteiger partial charge in [0.05, 0.1) is 25.0 Å². The number of nitrogens with zero attached hydrogens (tertiary/aromatic N) is 2. The van der Waals surface area contributed by atoms with Crippen molar-refractivity contribution in [3.8, 4) is 5.75 Å². The number of rotatable bonds is 6. The van der Waals surface area contributed by atoms with Gasteiger partial charge < -0.3 is 10.5 Å². The van der Waals surface area contributed by atoms with Crippen molar-refractivity contribution < 1.29 is 4.74 Å². The van der Waals surface area contributed by atoms with Crippen molar-refractivity contribution >= 4 is 0 Å². The molecule has 0 radical (unpaired) electrons. The highest BCUT2D eigenvalue weighted by Crippen LogP contribution is 2.39. The molecular formula is C16H29N3O. The van der Waals surface area contributed by atoms with Crippen LogP contribution in [0.25, 0.3) is 0 Å². The molecule has 1 aliphatic carbocycles. The van der Waals surface area contributed by atoms with E-state index in [1.807, 2.05) is 10.9 Å². The predicted octanol–water partition coefficient (Wildman–Crippen LogP) is 3.52. The molecule has 0 saturated heterocycles. The fourth-order valence-electron chi connectivity index (χ4n) is 3.51. The minimum atomic E-state index is 0.0494. The summed E-state index contributed by atoms with van der Waals surface area (Å²) >= 11 is 0. The summed E-state index contributed by atoms with van der Waals surface area (Å²) in [6.07, 6.45) is 9.30. The standard InChI is InChI=1S/C16H29N3O/c1-4-9-19-16(14(20-3)11-18-19)15(17)13-8-6-7-12(5-2)10-13/h11-13,15H,4-10,17H2,1-3H3. The number of hydrogen-bond acceptors (Lipinski definition) is 3. The molecule has 1 heterocycles. The van der Waals surface area contributed by atoms with E-state index < -0.39 is 0 Å². The van der Waals surface area contributed by atoms with Crippen LogP contribution in [-0.2, 0) is 6.54 Å².